The van der Waals surface area contributed by atoms with Crippen molar-refractivity contribution >= 4 is 5.91 Å². The first-order valence-electron chi connectivity index (χ1n) is 9.31. The van der Waals surface area contributed by atoms with E-state index in [1.165, 1.54) is 37.8 Å². The summed E-state index contributed by atoms with van der Waals surface area (Å²) in [5.74, 6) is -0.515. The average molecular weight is 359 g/mol. The Balaban J connectivity index is 1.52. The lowest BCUT2D eigenvalue weighted by Crippen LogP contribution is -2.35. The number of rotatable bonds is 6. The van der Waals surface area contributed by atoms with Crippen LogP contribution in [0.5, 0.6) is 0 Å². The number of halogens is 1. The Bertz CT molecular complexity index is 724. The third-order valence-corrected chi connectivity index (χ3v) is 4.88. The number of likely N-dealkylation sites (tertiary alicyclic amines) is 1. The SMILES string of the molecule is C[C@H](c1cccc(F)c1)n1cc(C(=O)NCCN2CCCCCC2)nn1. The first-order valence-corrected chi connectivity index (χ1v) is 9.31. The highest BCUT2D eigenvalue weighted by Gasteiger charge is 2.16. The van der Waals surface area contributed by atoms with Gasteiger partial charge in [-0.2, -0.15) is 0 Å². The summed E-state index contributed by atoms with van der Waals surface area (Å²) in [5, 5.41) is 10.9. The van der Waals surface area contributed by atoms with Crippen LogP contribution in [0.4, 0.5) is 4.39 Å². The fraction of sp³-hybridized carbons (Fsp3) is 0.526. The van der Waals surface area contributed by atoms with Gasteiger partial charge in [0, 0.05) is 13.1 Å². The van der Waals surface area contributed by atoms with E-state index in [-0.39, 0.29) is 23.5 Å². The molecule has 7 heteroatoms. The number of hydrogen-bond acceptors (Lipinski definition) is 4. The maximum atomic E-state index is 13.4. The van der Waals surface area contributed by atoms with E-state index in [9.17, 15) is 9.18 Å². The van der Waals surface area contributed by atoms with Crippen molar-refractivity contribution in [3.63, 3.8) is 0 Å². The summed E-state index contributed by atoms with van der Waals surface area (Å²) in [7, 11) is 0. The summed E-state index contributed by atoms with van der Waals surface area (Å²) < 4.78 is 15.0. The van der Waals surface area contributed by atoms with Gasteiger partial charge >= 0.3 is 0 Å². The summed E-state index contributed by atoms with van der Waals surface area (Å²) >= 11 is 0. The highest BCUT2D eigenvalue weighted by Crippen LogP contribution is 2.17. The second-order valence-electron chi connectivity index (χ2n) is 6.83. The molecule has 1 amide bonds. The smallest absolute Gasteiger partial charge is 0.273 e. The molecule has 1 aliphatic heterocycles. The Kier molecular flexibility index (Phi) is 6.33. The van der Waals surface area contributed by atoms with Gasteiger partial charge in [-0.05, 0) is 50.6 Å². The van der Waals surface area contributed by atoms with Crippen LogP contribution in [-0.2, 0) is 0 Å². The summed E-state index contributed by atoms with van der Waals surface area (Å²) in [5.41, 5.74) is 1.06. The molecule has 0 bridgehead atoms. The molecule has 1 aromatic carbocycles. The molecule has 1 atom stereocenters. The van der Waals surface area contributed by atoms with Crippen molar-refractivity contribution in [3.05, 3.63) is 47.5 Å². The average Bonchev–Trinajstić information content (AvgIpc) is 2.99. The highest BCUT2D eigenvalue weighted by molar-refractivity contribution is 5.91. The third kappa shape index (κ3) is 4.88. The van der Waals surface area contributed by atoms with Gasteiger partial charge in [-0.25, -0.2) is 9.07 Å². The van der Waals surface area contributed by atoms with E-state index in [0.717, 1.165) is 25.2 Å². The number of carbonyl (C=O) groups is 1. The van der Waals surface area contributed by atoms with Gasteiger partial charge in [0.05, 0.1) is 12.2 Å². The van der Waals surface area contributed by atoms with Crippen molar-refractivity contribution in [2.24, 2.45) is 0 Å². The minimum absolute atomic E-state index is 0.197. The molecule has 0 aliphatic carbocycles. The third-order valence-electron chi connectivity index (χ3n) is 4.88. The lowest BCUT2D eigenvalue weighted by atomic mass is 10.1. The molecule has 26 heavy (non-hydrogen) atoms. The molecule has 1 aliphatic rings. The van der Waals surface area contributed by atoms with Gasteiger partial charge in [-0.3, -0.25) is 4.79 Å². The minimum Gasteiger partial charge on any atom is -0.349 e. The molecular formula is C19H26FN5O. The number of nitrogens with one attached hydrogen (secondary N) is 1. The molecule has 1 saturated heterocycles. The van der Waals surface area contributed by atoms with Gasteiger partial charge in [0.15, 0.2) is 5.69 Å². The maximum absolute atomic E-state index is 13.4. The molecule has 0 spiro atoms. The standard InChI is InChI=1S/C19H26FN5O/c1-15(16-7-6-8-17(20)13-16)25-14-18(22-23-25)19(26)21-9-12-24-10-4-2-3-5-11-24/h6-8,13-15H,2-5,9-12H2,1H3,(H,21,26)/t15-/m1/s1. The number of benzene rings is 1. The van der Waals surface area contributed by atoms with Crippen molar-refractivity contribution in [1.29, 1.82) is 0 Å². The molecule has 1 fully saturated rings. The topological polar surface area (TPSA) is 63.1 Å². The van der Waals surface area contributed by atoms with E-state index >= 15 is 0 Å². The van der Waals surface area contributed by atoms with Crippen molar-refractivity contribution < 1.29 is 9.18 Å². The van der Waals surface area contributed by atoms with Gasteiger partial charge in [-0.1, -0.05) is 30.2 Å². The number of nitrogens with zero attached hydrogens (tertiary/aromatic N) is 4. The summed E-state index contributed by atoms with van der Waals surface area (Å²) in [6, 6.07) is 6.16. The van der Waals surface area contributed by atoms with Gasteiger partial charge in [0.2, 0.25) is 0 Å². The van der Waals surface area contributed by atoms with Crippen LogP contribution < -0.4 is 5.32 Å². The zero-order chi connectivity index (χ0) is 18.4. The van der Waals surface area contributed by atoms with Gasteiger partial charge in [0.1, 0.15) is 5.82 Å². The summed E-state index contributed by atoms with van der Waals surface area (Å²) in [4.78, 5) is 14.7. The Morgan fingerprint density at radius 1 is 1.27 bits per heavy atom. The number of carbonyl (C=O) groups excluding carboxylic acids is 1. The van der Waals surface area contributed by atoms with E-state index in [1.807, 2.05) is 13.0 Å². The van der Waals surface area contributed by atoms with E-state index in [4.69, 9.17) is 0 Å². The predicted octanol–water partition coefficient (Wildman–Crippen LogP) is 2.63. The molecule has 6 nitrogen and oxygen atoms in total. The molecular weight excluding hydrogens is 333 g/mol. The molecule has 140 valence electrons. The van der Waals surface area contributed by atoms with E-state index in [2.05, 4.69) is 20.5 Å². The predicted molar refractivity (Wildman–Crippen MR) is 97.5 cm³/mol. The van der Waals surface area contributed by atoms with Crippen LogP contribution in [0.3, 0.4) is 0 Å². The van der Waals surface area contributed by atoms with E-state index < -0.39 is 0 Å². The molecule has 0 unspecified atom stereocenters. The second-order valence-corrected chi connectivity index (χ2v) is 6.83. The Labute approximate surface area is 153 Å². The van der Waals surface area contributed by atoms with Gasteiger partial charge < -0.3 is 10.2 Å². The van der Waals surface area contributed by atoms with Crippen molar-refractivity contribution in [2.75, 3.05) is 26.2 Å². The van der Waals surface area contributed by atoms with Crippen LogP contribution in [0.15, 0.2) is 30.5 Å². The molecule has 1 N–H and O–H groups in total. The van der Waals surface area contributed by atoms with Crippen LogP contribution in [-0.4, -0.2) is 52.0 Å². The van der Waals surface area contributed by atoms with Crippen molar-refractivity contribution in [3.8, 4) is 0 Å². The zero-order valence-corrected chi connectivity index (χ0v) is 15.2. The fourth-order valence-corrected chi connectivity index (χ4v) is 3.27. The van der Waals surface area contributed by atoms with Crippen molar-refractivity contribution in [2.45, 2.75) is 38.6 Å². The number of hydrogen-bond donors (Lipinski definition) is 1. The Hall–Kier alpha value is -2.28. The van der Waals surface area contributed by atoms with Gasteiger partial charge in [0.25, 0.3) is 5.91 Å². The largest absolute Gasteiger partial charge is 0.349 e. The lowest BCUT2D eigenvalue weighted by Gasteiger charge is -2.19. The fourth-order valence-electron chi connectivity index (χ4n) is 3.27. The van der Waals surface area contributed by atoms with Gasteiger partial charge in [-0.15, -0.1) is 5.10 Å². The summed E-state index contributed by atoms with van der Waals surface area (Å²) in [6.45, 7) is 5.57. The quantitative estimate of drug-likeness (QED) is 0.861. The minimum atomic E-state index is -0.291. The normalized spacial score (nSPS) is 16.8. The monoisotopic (exact) mass is 359 g/mol. The van der Waals surface area contributed by atoms with Crippen LogP contribution in [0, 0.1) is 5.82 Å². The molecule has 1 aromatic heterocycles. The lowest BCUT2D eigenvalue weighted by molar-refractivity contribution is 0.0943. The highest BCUT2D eigenvalue weighted by atomic mass is 19.1. The van der Waals surface area contributed by atoms with Crippen LogP contribution >= 0.6 is 0 Å². The Morgan fingerprint density at radius 2 is 2.04 bits per heavy atom. The molecule has 0 radical (unpaired) electrons. The number of amides is 1. The molecule has 2 aromatic rings. The van der Waals surface area contributed by atoms with Crippen molar-refractivity contribution in [1.82, 2.24) is 25.2 Å². The van der Waals surface area contributed by atoms with E-state index in [1.54, 1.807) is 16.9 Å². The first-order chi connectivity index (χ1) is 12.6. The van der Waals surface area contributed by atoms with Crippen LogP contribution in [0.25, 0.3) is 0 Å². The van der Waals surface area contributed by atoms with Crippen LogP contribution in [0.1, 0.15) is 54.7 Å². The molecule has 2 heterocycles. The summed E-state index contributed by atoms with van der Waals surface area (Å²) in [6.07, 6.45) is 6.68. The first kappa shape index (κ1) is 18.5. The zero-order valence-electron chi connectivity index (χ0n) is 15.2. The maximum Gasteiger partial charge on any atom is 0.273 e. The molecule has 3 rings (SSSR count). The number of aromatic nitrogens is 3. The van der Waals surface area contributed by atoms with E-state index in [0.29, 0.717) is 6.54 Å². The Morgan fingerprint density at radius 3 is 2.77 bits per heavy atom. The van der Waals surface area contributed by atoms with Crippen LogP contribution in [0.2, 0.25) is 0 Å². The molecule has 0 saturated carbocycles. The second kappa shape index (κ2) is 8.89.